The minimum Gasteiger partial charge on any atom is -0.407 e. The maximum absolute atomic E-state index is 5.31. The first kappa shape index (κ1) is 7.88. The molecule has 0 amide bonds. The topological polar surface area (TPSA) is 77.0 Å². The van der Waals surface area contributed by atoms with Gasteiger partial charge in [-0.3, -0.25) is 0 Å². The van der Waals surface area contributed by atoms with Crippen LogP contribution in [0, 0.1) is 0 Å². The summed E-state index contributed by atoms with van der Waals surface area (Å²) in [7, 11) is 0. The van der Waals surface area contributed by atoms with E-state index in [2.05, 4.69) is 15.5 Å². The third-order valence-corrected chi connectivity index (χ3v) is 2.74. The number of aromatic nitrogens is 2. The van der Waals surface area contributed by atoms with E-state index in [9.17, 15) is 0 Å². The molecule has 2 heterocycles. The molecule has 5 nitrogen and oxygen atoms in total. The molecule has 6 heteroatoms. The summed E-state index contributed by atoms with van der Waals surface area (Å²) in [5.41, 5.74) is 5.31. The van der Waals surface area contributed by atoms with Gasteiger partial charge in [-0.1, -0.05) is 5.10 Å². The number of hydrogen-bond donors (Lipinski definition) is 2. The van der Waals surface area contributed by atoms with Crippen molar-refractivity contribution in [2.75, 3.05) is 23.8 Å². The molecule has 0 radical (unpaired) electrons. The van der Waals surface area contributed by atoms with Crippen molar-refractivity contribution < 1.29 is 4.42 Å². The van der Waals surface area contributed by atoms with Gasteiger partial charge in [0.2, 0.25) is 5.89 Å². The Labute approximate surface area is 74.1 Å². The van der Waals surface area contributed by atoms with Crippen LogP contribution in [-0.2, 0) is 0 Å². The molecule has 0 aromatic carbocycles. The van der Waals surface area contributed by atoms with E-state index in [0.29, 0.717) is 5.89 Å². The van der Waals surface area contributed by atoms with Crippen molar-refractivity contribution in [1.29, 1.82) is 0 Å². The van der Waals surface area contributed by atoms with Crippen LogP contribution in [0.15, 0.2) is 4.42 Å². The maximum atomic E-state index is 5.31. The van der Waals surface area contributed by atoms with Crippen LogP contribution in [-0.4, -0.2) is 28.2 Å². The van der Waals surface area contributed by atoms with E-state index in [-0.39, 0.29) is 12.1 Å². The largest absolute Gasteiger partial charge is 0.407 e. The minimum atomic E-state index is 0.141. The van der Waals surface area contributed by atoms with E-state index in [1.54, 1.807) is 0 Å². The van der Waals surface area contributed by atoms with Crippen molar-refractivity contribution in [3.63, 3.8) is 0 Å². The van der Waals surface area contributed by atoms with Gasteiger partial charge in [-0.25, -0.2) is 0 Å². The van der Waals surface area contributed by atoms with Gasteiger partial charge in [0.25, 0.3) is 0 Å². The van der Waals surface area contributed by atoms with Crippen molar-refractivity contribution in [3.8, 4) is 0 Å². The van der Waals surface area contributed by atoms with Crippen LogP contribution in [0.25, 0.3) is 0 Å². The van der Waals surface area contributed by atoms with Crippen LogP contribution in [0.4, 0.5) is 6.01 Å². The number of nitrogens with zero attached hydrogens (tertiary/aromatic N) is 2. The molecule has 0 saturated carbocycles. The van der Waals surface area contributed by atoms with Gasteiger partial charge in [0, 0.05) is 18.1 Å². The van der Waals surface area contributed by atoms with E-state index in [1.807, 2.05) is 11.8 Å². The number of anilines is 1. The van der Waals surface area contributed by atoms with E-state index < -0.39 is 0 Å². The average Bonchev–Trinajstić information content (AvgIpc) is 2.54. The summed E-state index contributed by atoms with van der Waals surface area (Å²) in [5.74, 6) is 2.71. The second kappa shape index (κ2) is 3.32. The predicted molar refractivity (Wildman–Crippen MR) is 46.8 cm³/mol. The molecule has 0 aliphatic carbocycles. The third-order valence-electron chi connectivity index (χ3n) is 1.68. The van der Waals surface area contributed by atoms with Crippen molar-refractivity contribution in [3.05, 3.63) is 5.89 Å². The Morgan fingerprint density at radius 2 is 2.50 bits per heavy atom. The first-order chi connectivity index (χ1) is 5.86. The molecule has 1 aromatic heterocycles. The molecule has 3 N–H and O–H groups in total. The van der Waals surface area contributed by atoms with Gasteiger partial charge in [0.05, 0.1) is 6.04 Å². The fourth-order valence-corrected chi connectivity index (χ4v) is 2.04. The number of nitrogen functional groups attached to an aromatic ring is 1. The average molecular weight is 186 g/mol. The summed E-state index contributed by atoms with van der Waals surface area (Å²) >= 11 is 1.88. The number of hydrogen-bond acceptors (Lipinski definition) is 6. The van der Waals surface area contributed by atoms with E-state index in [0.717, 1.165) is 18.1 Å². The van der Waals surface area contributed by atoms with Crippen LogP contribution in [0.2, 0.25) is 0 Å². The molecule has 12 heavy (non-hydrogen) atoms. The number of thioether (sulfide) groups is 1. The SMILES string of the molecule is Nc1nnc(C2CSCCN2)o1. The van der Waals surface area contributed by atoms with Gasteiger partial charge in [0.15, 0.2) is 0 Å². The monoisotopic (exact) mass is 186 g/mol. The number of rotatable bonds is 1. The quantitative estimate of drug-likeness (QED) is 0.644. The normalized spacial score (nSPS) is 24.2. The highest BCUT2D eigenvalue weighted by Crippen LogP contribution is 2.20. The lowest BCUT2D eigenvalue weighted by atomic mass is 10.3. The smallest absolute Gasteiger partial charge is 0.312 e. The van der Waals surface area contributed by atoms with E-state index in [4.69, 9.17) is 10.2 Å². The minimum absolute atomic E-state index is 0.141. The summed E-state index contributed by atoms with van der Waals surface area (Å²) in [6, 6.07) is 0.316. The molecular formula is C6H10N4OS. The lowest BCUT2D eigenvalue weighted by molar-refractivity contribution is 0.431. The maximum Gasteiger partial charge on any atom is 0.312 e. The highest BCUT2D eigenvalue weighted by molar-refractivity contribution is 7.99. The highest BCUT2D eigenvalue weighted by atomic mass is 32.2. The molecule has 1 aliphatic rings. The lowest BCUT2D eigenvalue weighted by Gasteiger charge is -2.19. The van der Waals surface area contributed by atoms with Crippen molar-refractivity contribution in [1.82, 2.24) is 15.5 Å². The molecular weight excluding hydrogens is 176 g/mol. The highest BCUT2D eigenvalue weighted by Gasteiger charge is 2.20. The summed E-state index contributed by atoms with van der Waals surface area (Å²) in [5, 5.41) is 10.7. The zero-order valence-corrected chi connectivity index (χ0v) is 7.30. The molecule has 66 valence electrons. The molecule has 1 unspecified atom stereocenters. The Morgan fingerprint density at radius 1 is 1.58 bits per heavy atom. The van der Waals surface area contributed by atoms with Crippen LogP contribution in [0.3, 0.4) is 0 Å². The zero-order chi connectivity index (χ0) is 8.39. The summed E-state index contributed by atoms with van der Waals surface area (Å²) in [4.78, 5) is 0. The molecule has 1 aromatic rings. The van der Waals surface area contributed by atoms with E-state index in [1.165, 1.54) is 0 Å². The zero-order valence-electron chi connectivity index (χ0n) is 6.49. The predicted octanol–water partition coefficient (Wildman–Crippen LogP) is 0.0293. The summed E-state index contributed by atoms with van der Waals surface area (Å²) in [6.45, 7) is 0.984. The Kier molecular flexibility index (Phi) is 2.18. The Bertz CT molecular complexity index is 258. The van der Waals surface area contributed by atoms with Gasteiger partial charge in [-0.05, 0) is 0 Å². The Morgan fingerprint density at radius 3 is 3.08 bits per heavy atom. The number of nitrogens with one attached hydrogen (secondary N) is 1. The van der Waals surface area contributed by atoms with Crippen LogP contribution < -0.4 is 11.1 Å². The fourth-order valence-electron chi connectivity index (χ4n) is 1.11. The van der Waals surface area contributed by atoms with Gasteiger partial charge in [-0.2, -0.15) is 11.8 Å². The molecule has 0 bridgehead atoms. The molecule has 1 atom stereocenters. The second-order valence-corrected chi connectivity index (χ2v) is 3.71. The first-order valence-electron chi connectivity index (χ1n) is 3.76. The fraction of sp³-hybridized carbons (Fsp3) is 0.667. The van der Waals surface area contributed by atoms with Gasteiger partial charge >= 0.3 is 6.01 Å². The van der Waals surface area contributed by atoms with Crippen molar-refractivity contribution in [2.45, 2.75) is 6.04 Å². The van der Waals surface area contributed by atoms with Crippen molar-refractivity contribution >= 4 is 17.8 Å². The first-order valence-corrected chi connectivity index (χ1v) is 4.92. The van der Waals surface area contributed by atoms with Gasteiger partial charge in [0.1, 0.15) is 0 Å². The van der Waals surface area contributed by atoms with Crippen LogP contribution in [0.5, 0.6) is 0 Å². The third kappa shape index (κ3) is 1.54. The van der Waals surface area contributed by atoms with Crippen LogP contribution in [0.1, 0.15) is 11.9 Å². The number of nitrogens with two attached hydrogens (primary N) is 1. The van der Waals surface area contributed by atoms with Gasteiger partial charge < -0.3 is 15.5 Å². The molecule has 2 rings (SSSR count). The van der Waals surface area contributed by atoms with E-state index >= 15 is 0 Å². The second-order valence-electron chi connectivity index (χ2n) is 2.56. The standard InChI is InChI=1S/C6H10N4OS/c7-6-10-9-5(11-6)4-3-12-2-1-8-4/h4,8H,1-3H2,(H2,7,10). The summed E-state index contributed by atoms with van der Waals surface area (Å²) < 4.78 is 5.10. The molecule has 0 spiro atoms. The van der Waals surface area contributed by atoms with Gasteiger partial charge in [-0.15, -0.1) is 5.10 Å². The van der Waals surface area contributed by atoms with Crippen molar-refractivity contribution in [2.24, 2.45) is 0 Å². The summed E-state index contributed by atoms with van der Waals surface area (Å²) in [6.07, 6.45) is 0. The molecule has 1 fully saturated rings. The molecule has 1 saturated heterocycles. The lowest BCUT2D eigenvalue weighted by Crippen LogP contribution is -2.30. The Hall–Kier alpha value is -0.750. The molecule has 1 aliphatic heterocycles. The van der Waals surface area contributed by atoms with Crippen LogP contribution >= 0.6 is 11.8 Å². The Balaban J connectivity index is 2.08.